The van der Waals surface area contributed by atoms with Crippen LogP contribution in [0.15, 0.2) is 16.0 Å². The number of thioether (sulfide) groups is 1. The minimum atomic E-state index is -0.829. The van der Waals surface area contributed by atoms with Gasteiger partial charge >= 0.3 is 5.97 Å². The zero-order valence-electron chi connectivity index (χ0n) is 7.90. The number of nitrogens with zero attached hydrogens (tertiary/aromatic N) is 1. The normalized spacial score (nSPS) is 10.1. The Kier molecular flexibility index (Phi) is 4.17. The first-order valence-corrected chi connectivity index (χ1v) is 5.28. The Morgan fingerprint density at radius 1 is 1.67 bits per heavy atom. The molecule has 82 valence electrons. The maximum atomic E-state index is 11.0. The predicted octanol–water partition coefficient (Wildman–Crippen LogP) is 0.309. The van der Waals surface area contributed by atoms with Gasteiger partial charge in [0.05, 0.1) is 0 Å². The van der Waals surface area contributed by atoms with Crippen LogP contribution in [0.3, 0.4) is 0 Å². The number of carboxylic acids is 1. The maximum absolute atomic E-state index is 11.0. The fraction of sp³-hybridized carbons (Fsp3) is 0.375. The molecule has 15 heavy (non-hydrogen) atoms. The van der Waals surface area contributed by atoms with Crippen LogP contribution < -0.4 is 11.3 Å². The average Bonchev–Trinajstić information content (AvgIpc) is 2.10. The molecule has 0 spiro atoms. The van der Waals surface area contributed by atoms with E-state index < -0.39 is 5.97 Å². The van der Waals surface area contributed by atoms with Crippen molar-refractivity contribution in [1.29, 1.82) is 0 Å². The van der Waals surface area contributed by atoms with Crippen LogP contribution in [0.25, 0.3) is 0 Å². The summed E-state index contributed by atoms with van der Waals surface area (Å²) in [6.07, 6.45) is 0.637. The summed E-state index contributed by atoms with van der Waals surface area (Å²) in [5.41, 5.74) is 5.07. The van der Waals surface area contributed by atoms with Gasteiger partial charge in [0.25, 0.3) is 5.56 Å². The Morgan fingerprint density at radius 2 is 2.40 bits per heavy atom. The summed E-state index contributed by atoms with van der Waals surface area (Å²) in [6.45, 7) is 0. The predicted molar refractivity (Wildman–Crippen MR) is 56.9 cm³/mol. The average molecular weight is 229 g/mol. The summed E-state index contributed by atoms with van der Waals surface area (Å²) >= 11 is 1.28. The van der Waals surface area contributed by atoms with Crippen molar-refractivity contribution in [2.75, 3.05) is 11.5 Å². The molecule has 1 heterocycles. The van der Waals surface area contributed by atoms with Crippen molar-refractivity contribution in [2.24, 2.45) is 0 Å². The number of nitrogen functional groups attached to an aromatic ring is 1. The number of aromatic amines is 1. The molecule has 0 unspecified atom stereocenters. The quantitative estimate of drug-likeness (QED) is 0.381. The summed E-state index contributed by atoms with van der Waals surface area (Å²) < 4.78 is 0. The molecule has 0 amide bonds. The number of nitrogens with one attached hydrogen (secondary N) is 1. The molecule has 1 aromatic heterocycles. The first-order valence-electron chi connectivity index (χ1n) is 4.29. The Balaban J connectivity index is 2.44. The van der Waals surface area contributed by atoms with Crippen molar-refractivity contribution in [3.63, 3.8) is 0 Å². The number of hydrogen-bond acceptors (Lipinski definition) is 5. The van der Waals surface area contributed by atoms with E-state index in [1.165, 1.54) is 17.8 Å². The number of carbonyl (C=O) groups is 1. The molecular weight excluding hydrogens is 218 g/mol. The molecule has 1 rings (SSSR count). The second-order valence-corrected chi connectivity index (χ2v) is 3.90. The lowest BCUT2D eigenvalue weighted by Crippen LogP contribution is -2.09. The lowest BCUT2D eigenvalue weighted by Gasteiger charge is -1.99. The molecule has 7 heteroatoms. The molecule has 0 aliphatic heterocycles. The molecule has 0 radical (unpaired) electrons. The van der Waals surface area contributed by atoms with Crippen LogP contribution in [0, 0.1) is 0 Å². The minimum Gasteiger partial charge on any atom is -0.481 e. The summed E-state index contributed by atoms with van der Waals surface area (Å²) in [4.78, 5) is 27.6. The number of rotatable bonds is 5. The number of H-pyrrole nitrogens is 1. The summed E-state index contributed by atoms with van der Waals surface area (Å²) in [6, 6.07) is 1.20. The zero-order chi connectivity index (χ0) is 11.3. The topological polar surface area (TPSA) is 109 Å². The Hall–Kier alpha value is -1.50. The number of carboxylic acid groups (broad SMARTS) is 1. The molecule has 0 bridgehead atoms. The van der Waals surface area contributed by atoms with E-state index in [2.05, 4.69) is 9.97 Å². The Bertz CT molecular complexity index is 404. The van der Waals surface area contributed by atoms with Crippen LogP contribution in [0.5, 0.6) is 0 Å². The lowest BCUT2D eigenvalue weighted by atomic mass is 10.3. The third-order valence-electron chi connectivity index (χ3n) is 1.51. The highest BCUT2D eigenvalue weighted by Crippen LogP contribution is 2.13. The Labute approximate surface area is 89.9 Å². The van der Waals surface area contributed by atoms with E-state index >= 15 is 0 Å². The number of hydrogen-bond donors (Lipinski definition) is 3. The van der Waals surface area contributed by atoms with Gasteiger partial charge in [-0.2, -0.15) is 0 Å². The highest BCUT2D eigenvalue weighted by molar-refractivity contribution is 7.99. The highest BCUT2D eigenvalue weighted by Gasteiger charge is 2.01. The third kappa shape index (κ3) is 4.50. The van der Waals surface area contributed by atoms with Crippen molar-refractivity contribution < 1.29 is 9.90 Å². The van der Waals surface area contributed by atoms with E-state index in [4.69, 9.17) is 10.8 Å². The van der Waals surface area contributed by atoms with E-state index in [1.54, 1.807) is 0 Å². The largest absolute Gasteiger partial charge is 0.481 e. The van der Waals surface area contributed by atoms with Crippen molar-refractivity contribution in [3.8, 4) is 0 Å². The van der Waals surface area contributed by atoms with Gasteiger partial charge in [-0.15, -0.1) is 0 Å². The molecule has 1 aromatic rings. The Morgan fingerprint density at radius 3 is 3.00 bits per heavy atom. The van der Waals surface area contributed by atoms with Crippen LogP contribution in [0.1, 0.15) is 12.8 Å². The van der Waals surface area contributed by atoms with Crippen molar-refractivity contribution in [3.05, 3.63) is 16.4 Å². The van der Waals surface area contributed by atoms with Gasteiger partial charge in [-0.25, -0.2) is 4.98 Å². The monoisotopic (exact) mass is 229 g/mol. The lowest BCUT2D eigenvalue weighted by molar-refractivity contribution is -0.137. The molecule has 4 N–H and O–H groups in total. The molecule has 0 aliphatic rings. The molecule has 0 saturated carbocycles. The molecule has 0 atom stereocenters. The van der Waals surface area contributed by atoms with E-state index in [-0.39, 0.29) is 17.8 Å². The van der Waals surface area contributed by atoms with E-state index in [9.17, 15) is 9.59 Å². The van der Waals surface area contributed by atoms with Gasteiger partial charge in [0.1, 0.15) is 5.82 Å². The van der Waals surface area contributed by atoms with Crippen LogP contribution in [-0.2, 0) is 4.79 Å². The SMILES string of the molecule is Nc1cc(=O)[nH]c(SCCCC(=O)O)n1. The molecule has 0 aromatic carbocycles. The minimum absolute atomic E-state index is 0.111. The van der Waals surface area contributed by atoms with Gasteiger partial charge in [0, 0.05) is 18.2 Å². The summed E-state index contributed by atoms with van der Waals surface area (Å²) in [5.74, 6) is -0.0808. The van der Waals surface area contributed by atoms with Crippen LogP contribution >= 0.6 is 11.8 Å². The van der Waals surface area contributed by atoms with Gasteiger partial charge in [0.15, 0.2) is 5.16 Å². The standard InChI is InChI=1S/C8H11N3O3S/c9-5-4-6(12)11-8(10-5)15-3-1-2-7(13)14/h4H,1-3H2,(H,13,14)(H3,9,10,11,12). The third-order valence-corrected chi connectivity index (χ3v) is 2.47. The molecule has 0 saturated heterocycles. The van der Waals surface area contributed by atoms with Crippen molar-refractivity contribution in [1.82, 2.24) is 9.97 Å². The van der Waals surface area contributed by atoms with Crippen LogP contribution in [0.2, 0.25) is 0 Å². The second-order valence-electron chi connectivity index (χ2n) is 2.82. The van der Waals surface area contributed by atoms with Gasteiger partial charge < -0.3 is 15.8 Å². The van der Waals surface area contributed by atoms with E-state index in [0.29, 0.717) is 17.3 Å². The fourth-order valence-corrected chi connectivity index (χ4v) is 1.74. The van der Waals surface area contributed by atoms with Gasteiger partial charge in [0.2, 0.25) is 0 Å². The van der Waals surface area contributed by atoms with Crippen molar-refractivity contribution >= 4 is 23.5 Å². The van der Waals surface area contributed by atoms with E-state index in [0.717, 1.165) is 0 Å². The number of aliphatic carboxylic acids is 1. The molecule has 0 fully saturated rings. The smallest absolute Gasteiger partial charge is 0.303 e. The van der Waals surface area contributed by atoms with Crippen molar-refractivity contribution in [2.45, 2.75) is 18.0 Å². The highest BCUT2D eigenvalue weighted by atomic mass is 32.2. The molecule has 6 nitrogen and oxygen atoms in total. The second kappa shape index (κ2) is 5.40. The van der Waals surface area contributed by atoms with Crippen LogP contribution in [-0.4, -0.2) is 26.8 Å². The van der Waals surface area contributed by atoms with Crippen LogP contribution in [0.4, 0.5) is 5.82 Å². The first-order chi connectivity index (χ1) is 7.08. The zero-order valence-corrected chi connectivity index (χ0v) is 8.71. The summed E-state index contributed by atoms with van der Waals surface area (Å²) in [5, 5.41) is 8.82. The van der Waals surface area contributed by atoms with Gasteiger partial charge in [-0.1, -0.05) is 11.8 Å². The first kappa shape index (κ1) is 11.6. The van der Waals surface area contributed by atoms with E-state index in [1.807, 2.05) is 0 Å². The fourth-order valence-electron chi connectivity index (χ4n) is 0.914. The number of anilines is 1. The number of nitrogens with two attached hydrogens (primary N) is 1. The maximum Gasteiger partial charge on any atom is 0.303 e. The van der Waals surface area contributed by atoms with Gasteiger partial charge in [-0.05, 0) is 6.42 Å². The van der Waals surface area contributed by atoms with Gasteiger partial charge in [-0.3, -0.25) is 9.59 Å². The summed E-state index contributed by atoms with van der Waals surface area (Å²) in [7, 11) is 0. The number of aromatic nitrogens is 2. The molecular formula is C8H11N3O3S. The molecule has 0 aliphatic carbocycles.